The monoisotopic (exact) mass is 260 g/mol. The average molecular weight is 260 g/mol. The van der Waals surface area contributed by atoms with Crippen LogP contribution < -0.4 is 11.1 Å². The Morgan fingerprint density at radius 1 is 1.37 bits per heavy atom. The highest BCUT2D eigenvalue weighted by atomic mass is 15.2. The van der Waals surface area contributed by atoms with Crippen molar-refractivity contribution in [1.82, 2.24) is 9.55 Å². The first-order valence-corrected chi connectivity index (χ1v) is 7.02. The molecule has 2 rings (SSSR count). The molecular formula is C15H24N4. The summed E-state index contributed by atoms with van der Waals surface area (Å²) in [6.45, 7) is 8.92. The van der Waals surface area contributed by atoms with Gasteiger partial charge in [0.05, 0.1) is 11.0 Å². The standard InChI is InChI=1S/C15H24N4/c1-11(2)6-8-17-15-18-13-10-12(3)4-5-14(13)19(15)9-7-16/h4-5,10-11H,6-9,16H2,1-3H3,(H,17,18). The van der Waals surface area contributed by atoms with Crippen molar-refractivity contribution >= 4 is 17.0 Å². The minimum Gasteiger partial charge on any atom is -0.356 e. The molecule has 0 saturated heterocycles. The van der Waals surface area contributed by atoms with E-state index in [1.54, 1.807) is 0 Å². The minimum absolute atomic E-state index is 0.623. The van der Waals surface area contributed by atoms with E-state index < -0.39 is 0 Å². The Morgan fingerprint density at radius 3 is 2.84 bits per heavy atom. The van der Waals surface area contributed by atoms with Gasteiger partial charge in [-0.1, -0.05) is 19.9 Å². The first kappa shape index (κ1) is 13.9. The molecule has 19 heavy (non-hydrogen) atoms. The maximum absolute atomic E-state index is 5.71. The molecule has 3 N–H and O–H groups in total. The molecule has 0 fully saturated rings. The van der Waals surface area contributed by atoms with Gasteiger partial charge in [-0.3, -0.25) is 0 Å². The zero-order valence-corrected chi connectivity index (χ0v) is 12.1. The maximum atomic E-state index is 5.71. The van der Waals surface area contributed by atoms with Gasteiger partial charge in [0.2, 0.25) is 5.95 Å². The summed E-state index contributed by atoms with van der Waals surface area (Å²) in [7, 11) is 0. The predicted octanol–water partition coefficient (Wildman–Crippen LogP) is 2.76. The number of rotatable bonds is 6. The Balaban J connectivity index is 2.27. The van der Waals surface area contributed by atoms with Crippen molar-refractivity contribution in [2.45, 2.75) is 33.7 Å². The molecule has 2 aromatic rings. The molecule has 0 aliphatic carbocycles. The van der Waals surface area contributed by atoms with Crippen LogP contribution in [0.3, 0.4) is 0 Å². The number of fused-ring (bicyclic) bond motifs is 1. The molecule has 1 aromatic heterocycles. The third kappa shape index (κ3) is 3.26. The Labute approximate surface area is 115 Å². The Bertz CT molecular complexity index is 542. The van der Waals surface area contributed by atoms with Gasteiger partial charge in [0.15, 0.2) is 0 Å². The molecule has 1 aromatic carbocycles. The van der Waals surface area contributed by atoms with Crippen LogP contribution in [0.4, 0.5) is 5.95 Å². The van der Waals surface area contributed by atoms with Crippen molar-refractivity contribution in [2.75, 3.05) is 18.4 Å². The highest BCUT2D eigenvalue weighted by molar-refractivity contribution is 5.79. The zero-order chi connectivity index (χ0) is 13.8. The third-order valence-corrected chi connectivity index (χ3v) is 3.26. The second kappa shape index (κ2) is 6.06. The number of hydrogen-bond acceptors (Lipinski definition) is 3. The van der Waals surface area contributed by atoms with Crippen molar-refractivity contribution < 1.29 is 0 Å². The first-order valence-electron chi connectivity index (χ1n) is 7.02. The normalized spacial score (nSPS) is 11.4. The van der Waals surface area contributed by atoms with E-state index in [1.807, 2.05) is 0 Å². The van der Waals surface area contributed by atoms with E-state index in [0.29, 0.717) is 12.5 Å². The van der Waals surface area contributed by atoms with Crippen LogP contribution in [0.25, 0.3) is 11.0 Å². The number of nitrogens with zero attached hydrogens (tertiary/aromatic N) is 2. The zero-order valence-electron chi connectivity index (χ0n) is 12.1. The highest BCUT2D eigenvalue weighted by Crippen LogP contribution is 2.20. The molecule has 4 heteroatoms. The molecular weight excluding hydrogens is 236 g/mol. The number of aromatic nitrogens is 2. The Hall–Kier alpha value is -1.55. The van der Waals surface area contributed by atoms with E-state index in [4.69, 9.17) is 5.73 Å². The van der Waals surface area contributed by atoms with Crippen molar-refractivity contribution in [3.8, 4) is 0 Å². The van der Waals surface area contributed by atoms with Crippen LogP contribution in [0.2, 0.25) is 0 Å². The van der Waals surface area contributed by atoms with Crippen molar-refractivity contribution in [3.05, 3.63) is 23.8 Å². The molecule has 104 valence electrons. The molecule has 0 bridgehead atoms. The van der Waals surface area contributed by atoms with Crippen molar-refractivity contribution in [2.24, 2.45) is 11.7 Å². The van der Waals surface area contributed by atoms with Gasteiger partial charge >= 0.3 is 0 Å². The van der Waals surface area contributed by atoms with Gasteiger partial charge in [-0.05, 0) is 37.0 Å². The van der Waals surface area contributed by atoms with Gasteiger partial charge < -0.3 is 15.6 Å². The summed E-state index contributed by atoms with van der Waals surface area (Å²) in [5, 5.41) is 3.43. The second-order valence-corrected chi connectivity index (χ2v) is 5.48. The van der Waals surface area contributed by atoms with Gasteiger partial charge in [0.1, 0.15) is 0 Å². The van der Waals surface area contributed by atoms with E-state index in [0.717, 1.165) is 36.5 Å². The smallest absolute Gasteiger partial charge is 0.203 e. The molecule has 0 spiro atoms. The Morgan fingerprint density at radius 2 is 2.16 bits per heavy atom. The number of nitrogens with one attached hydrogen (secondary N) is 1. The van der Waals surface area contributed by atoms with Crippen LogP contribution in [0.1, 0.15) is 25.8 Å². The average Bonchev–Trinajstić information content (AvgIpc) is 2.67. The van der Waals surface area contributed by atoms with Gasteiger partial charge in [0.25, 0.3) is 0 Å². The number of hydrogen-bond donors (Lipinski definition) is 2. The Kier molecular flexibility index (Phi) is 4.43. The molecule has 0 atom stereocenters. The second-order valence-electron chi connectivity index (χ2n) is 5.48. The van der Waals surface area contributed by atoms with E-state index in [2.05, 4.69) is 53.8 Å². The van der Waals surface area contributed by atoms with E-state index in [9.17, 15) is 0 Å². The van der Waals surface area contributed by atoms with Crippen LogP contribution in [0.5, 0.6) is 0 Å². The van der Waals surface area contributed by atoms with Gasteiger partial charge in [-0.15, -0.1) is 0 Å². The van der Waals surface area contributed by atoms with Crippen molar-refractivity contribution in [1.29, 1.82) is 0 Å². The summed E-state index contributed by atoms with van der Waals surface area (Å²) in [5.74, 6) is 1.63. The fourth-order valence-electron chi connectivity index (χ4n) is 2.20. The molecule has 0 radical (unpaired) electrons. The molecule has 0 aliphatic heterocycles. The SMILES string of the molecule is Cc1ccc2c(c1)nc(NCCC(C)C)n2CCN. The first-order chi connectivity index (χ1) is 9.11. The van der Waals surface area contributed by atoms with E-state index >= 15 is 0 Å². The third-order valence-electron chi connectivity index (χ3n) is 3.26. The fourth-order valence-corrected chi connectivity index (χ4v) is 2.20. The predicted molar refractivity (Wildman–Crippen MR) is 81.5 cm³/mol. The molecule has 1 heterocycles. The van der Waals surface area contributed by atoms with Gasteiger partial charge in [0, 0.05) is 19.6 Å². The summed E-state index contributed by atoms with van der Waals surface area (Å²) >= 11 is 0. The highest BCUT2D eigenvalue weighted by Gasteiger charge is 2.09. The summed E-state index contributed by atoms with van der Waals surface area (Å²) in [5.41, 5.74) is 9.14. The minimum atomic E-state index is 0.623. The quantitative estimate of drug-likeness (QED) is 0.839. The lowest BCUT2D eigenvalue weighted by Crippen LogP contribution is -2.14. The van der Waals surface area contributed by atoms with Crippen LogP contribution in [-0.4, -0.2) is 22.6 Å². The number of anilines is 1. The lowest BCUT2D eigenvalue weighted by atomic mass is 10.1. The summed E-state index contributed by atoms with van der Waals surface area (Å²) < 4.78 is 2.18. The van der Waals surface area contributed by atoms with E-state index in [1.165, 1.54) is 5.56 Å². The molecule has 4 nitrogen and oxygen atoms in total. The van der Waals surface area contributed by atoms with Gasteiger partial charge in [-0.25, -0.2) is 4.98 Å². The summed E-state index contributed by atoms with van der Waals surface area (Å²) in [6.07, 6.45) is 1.14. The summed E-state index contributed by atoms with van der Waals surface area (Å²) in [4.78, 5) is 4.69. The maximum Gasteiger partial charge on any atom is 0.203 e. The number of imidazole rings is 1. The van der Waals surface area contributed by atoms with Crippen LogP contribution in [0, 0.1) is 12.8 Å². The van der Waals surface area contributed by atoms with Crippen molar-refractivity contribution in [3.63, 3.8) is 0 Å². The van der Waals surface area contributed by atoms with Gasteiger partial charge in [-0.2, -0.15) is 0 Å². The number of aryl methyl sites for hydroxylation is 1. The summed E-state index contributed by atoms with van der Waals surface area (Å²) in [6, 6.07) is 6.37. The van der Waals surface area contributed by atoms with Crippen LogP contribution in [-0.2, 0) is 6.54 Å². The largest absolute Gasteiger partial charge is 0.356 e. The lowest BCUT2D eigenvalue weighted by Gasteiger charge is -2.10. The fraction of sp³-hybridized carbons (Fsp3) is 0.533. The number of benzene rings is 1. The molecule has 0 aliphatic rings. The van der Waals surface area contributed by atoms with Crippen LogP contribution in [0.15, 0.2) is 18.2 Å². The van der Waals surface area contributed by atoms with Crippen LogP contribution >= 0.6 is 0 Å². The molecule has 0 unspecified atom stereocenters. The van der Waals surface area contributed by atoms with E-state index in [-0.39, 0.29) is 0 Å². The molecule has 0 saturated carbocycles. The number of nitrogens with two attached hydrogens (primary N) is 1. The molecule has 0 amide bonds. The lowest BCUT2D eigenvalue weighted by molar-refractivity contribution is 0.603. The topological polar surface area (TPSA) is 55.9 Å².